The highest BCUT2D eigenvalue weighted by Crippen LogP contribution is 2.29. The van der Waals surface area contributed by atoms with Gasteiger partial charge in [0.25, 0.3) is 5.69 Å². The topological polar surface area (TPSA) is 116 Å². The summed E-state index contributed by atoms with van der Waals surface area (Å²) in [6, 6.07) is 3.96. The summed E-state index contributed by atoms with van der Waals surface area (Å²) in [5.41, 5.74) is 0.0827. The molecule has 0 spiro atoms. The summed E-state index contributed by atoms with van der Waals surface area (Å²) in [6.45, 7) is 3.84. The molecule has 21 heavy (non-hydrogen) atoms. The third-order valence-electron chi connectivity index (χ3n) is 3.26. The van der Waals surface area contributed by atoms with Crippen molar-refractivity contribution >= 4 is 21.4 Å². The first-order valence-corrected chi connectivity index (χ1v) is 8.01. The fourth-order valence-electron chi connectivity index (χ4n) is 2.31. The van der Waals surface area contributed by atoms with Gasteiger partial charge in [0.15, 0.2) is 4.90 Å². The van der Waals surface area contributed by atoms with E-state index in [0.29, 0.717) is 25.4 Å². The molecule has 1 fully saturated rings. The molecule has 2 rings (SSSR count). The molecule has 9 heteroatoms. The summed E-state index contributed by atoms with van der Waals surface area (Å²) in [4.78, 5) is 11.8. The zero-order chi connectivity index (χ0) is 15.6. The number of anilines is 1. The van der Waals surface area contributed by atoms with Crippen LogP contribution in [0, 0.1) is 10.1 Å². The number of nitro benzene ring substituents is 1. The lowest BCUT2D eigenvalue weighted by atomic mass is 10.2. The standard InChI is InChI=1S/C12H17N3O5S/c1-9-8-14(5-2-6-20-9)10-3-4-12(21(13,18)19)11(7-10)15(16)17/h3-4,7,9H,2,5-6,8H2,1H3,(H2,13,18,19). The minimum atomic E-state index is -4.13. The number of hydrogen-bond acceptors (Lipinski definition) is 6. The number of primary sulfonamides is 1. The van der Waals surface area contributed by atoms with E-state index in [1.54, 1.807) is 0 Å². The average molecular weight is 315 g/mol. The van der Waals surface area contributed by atoms with Crippen LogP contribution in [0.25, 0.3) is 0 Å². The quantitative estimate of drug-likeness (QED) is 0.653. The number of benzene rings is 1. The van der Waals surface area contributed by atoms with Crippen molar-refractivity contribution in [1.29, 1.82) is 0 Å². The zero-order valence-corrected chi connectivity index (χ0v) is 12.4. The van der Waals surface area contributed by atoms with Crippen LogP contribution >= 0.6 is 0 Å². The van der Waals surface area contributed by atoms with Gasteiger partial charge >= 0.3 is 0 Å². The first-order chi connectivity index (χ1) is 9.79. The molecule has 1 aliphatic heterocycles. The van der Waals surface area contributed by atoms with E-state index >= 15 is 0 Å². The largest absolute Gasteiger partial charge is 0.377 e. The van der Waals surface area contributed by atoms with Crippen molar-refractivity contribution in [3.05, 3.63) is 28.3 Å². The van der Waals surface area contributed by atoms with Gasteiger partial charge in [-0.15, -0.1) is 0 Å². The Hall–Kier alpha value is -1.71. The molecule has 0 bridgehead atoms. The Morgan fingerprint density at radius 3 is 2.81 bits per heavy atom. The average Bonchev–Trinajstić information content (AvgIpc) is 2.61. The number of rotatable bonds is 3. The Balaban J connectivity index is 2.42. The van der Waals surface area contributed by atoms with Crippen LogP contribution in [-0.2, 0) is 14.8 Å². The first-order valence-electron chi connectivity index (χ1n) is 6.47. The Morgan fingerprint density at radius 2 is 2.19 bits per heavy atom. The molecule has 0 aromatic heterocycles. The molecular weight excluding hydrogens is 298 g/mol. The lowest BCUT2D eigenvalue weighted by Crippen LogP contribution is -2.30. The molecule has 1 aromatic rings. The van der Waals surface area contributed by atoms with Crippen molar-refractivity contribution in [2.75, 3.05) is 24.6 Å². The van der Waals surface area contributed by atoms with Crippen molar-refractivity contribution in [2.24, 2.45) is 5.14 Å². The van der Waals surface area contributed by atoms with E-state index in [0.717, 1.165) is 6.42 Å². The molecule has 1 saturated heterocycles. The third kappa shape index (κ3) is 3.69. The van der Waals surface area contributed by atoms with E-state index in [-0.39, 0.29) is 6.10 Å². The second kappa shape index (κ2) is 5.96. The Bertz CT molecular complexity index is 646. The first kappa shape index (κ1) is 15.7. The van der Waals surface area contributed by atoms with Crippen molar-refractivity contribution in [3.8, 4) is 0 Å². The lowest BCUT2D eigenvalue weighted by molar-refractivity contribution is -0.387. The number of ether oxygens (including phenoxy) is 1. The number of nitrogens with two attached hydrogens (primary N) is 1. The maximum Gasteiger partial charge on any atom is 0.291 e. The molecular formula is C12H17N3O5S. The molecule has 2 N–H and O–H groups in total. The fourth-order valence-corrected chi connectivity index (χ4v) is 3.00. The monoisotopic (exact) mass is 315 g/mol. The van der Waals surface area contributed by atoms with Crippen LogP contribution in [0.15, 0.2) is 23.1 Å². The maximum atomic E-state index is 11.4. The zero-order valence-electron chi connectivity index (χ0n) is 11.6. The van der Waals surface area contributed by atoms with Crippen LogP contribution in [-0.4, -0.2) is 39.1 Å². The van der Waals surface area contributed by atoms with Gasteiger partial charge in [0.05, 0.1) is 11.0 Å². The van der Waals surface area contributed by atoms with Crippen molar-refractivity contribution in [2.45, 2.75) is 24.3 Å². The van der Waals surface area contributed by atoms with Crippen LogP contribution in [0.5, 0.6) is 0 Å². The van der Waals surface area contributed by atoms with Gasteiger partial charge in [-0.25, -0.2) is 13.6 Å². The predicted molar refractivity (Wildman–Crippen MR) is 76.7 cm³/mol. The second-order valence-electron chi connectivity index (χ2n) is 4.94. The summed E-state index contributed by atoms with van der Waals surface area (Å²) in [6.07, 6.45) is 0.805. The SMILES string of the molecule is CC1CN(c2ccc(S(N)(=O)=O)c([N+](=O)[O-])c2)CCCO1. The smallest absolute Gasteiger partial charge is 0.291 e. The summed E-state index contributed by atoms with van der Waals surface area (Å²) in [5.74, 6) is 0. The molecule has 8 nitrogen and oxygen atoms in total. The Kier molecular flexibility index (Phi) is 4.45. The molecule has 1 atom stereocenters. The number of nitro groups is 1. The van der Waals surface area contributed by atoms with Gasteiger partial charge in [-0.3, -0.25) is 10.1 Å². The van der Waals surface area contributed by atoms with Crippen LogP contribution in [0.3, 0.4) is 0 Å². The van der Waals surface area contributed by atoms with Gasteiger partial charge in [-0.05, 0) is 25.5 Å². The third-order valence-corrected chi connectivity index (χ3v) is 4.22. The Morgan fingerprint density at radius 1 is 1.48 bits per heavy atom. The van der Waals surface area contributed by atoms with E-state index in [2.05, 4.69) is 0 Å². The second-order valence-corrected chi connectivity index (χ2v) is 6.46. The summed E-state index contributed by atoms with van der Waals surface area (Å²) < 4.78 is 28.3. The molecule has 0 aliphatic carbocycles. The van der Waals surface area contributed by atoms with Crippen molar-refractivity contribution in [3.63, 3.8) is 0 Å². The molecule has 116 valence electrons. The Labute approximate surface area is 122 Å². The van der Waals surface area contributed by atoms with Crippen LogP contribution < -0.4 is 10.0 Å². The van der Waals surface area contributed by atoms with E-state index in [9.17, 15) is 18.5 Å². The molecule has 1 unspecified atom stereocenters. The van der Waals surface area contributed by atoms with E-state index < -0.39 is 25.5 Å². The maximum absolute atomic E-state index is 11.4. The number of sulfonamides is 1. The van der Waals surface area contributed by atoms with Gasteiger partial charge in [-0.2, -0.15) is 0 Å². The molecule has 1 aliphatic rings. The highest BCUT2D eigenvalue weighted by Gasteiger charge is 2.25. The van der Waals surface area contributed by atoms with Crippen molar-refractivity contribution < 1.29 is 18.1 Å². The highest BCUT2D eigenvalue weighted by atomic mass is 32.2. The summed E-state index contributed by atoms with van der Waals surface area (Å²) in [5, 5.41) is 16.1. The molecule has 1 heterocycles. The van der Waals surface area contributed by atoms with Gasteiger partial charge in [0, 0.05) is 31.5 Å². The summed E-state index contributed by atoms with van der Waals surface area (Å²) >= 11 is 0. The minimum Gasteiger partial charge on any atom is -0.377 e. The van der Waals surface area contributed by atoms with Crippen LogP contribution in [0.4, 0.5) is 11.4 Å². The van der Waals surface area contributed by atoms with Crippen LogP contribution in [0.2, 0.25) is 0 Å². The highest BCUT2D eigenvalue weighted by molar-refractivity contribution is 7.89. The van der Waals surface area contributed by atoms with Gasteiger partial charge in [0.2, 0.25) is 10.0 Å². The van der Waals surface area contributed by atoms with E-state index in [1.165, 1.54) is 18.2 Å². The molecule has 0 radical (unpaired) electrons. The van der Waals surface area contributed by atoms with Crippen LogP contribution in [0.1, 0.15) is 13.3 Å². The van der Waals surface area contributed by atoms with Crippen molar-refractivity contribution in [1.82, 2.24) is 0 Å². The molecule has 1 aromatic carbocycles. The van der Waals surface area contributed by atoms with E-state index in [4.69, 9.17) is 9.88 Å². The summed E-state index contributed by atoms with van der Waals surface area (Å²) in [7, 11) is -4.13. The van der Waals surface area contributed by atoms with Gasteiger partial charge in [0.1, 0.15) is 0 Å². The predicted octanol–water partition coefficient (Wildman–Crippen LogP) is 0.857. The normalized spacial score (nSPS) is 20.1. The van der Waals surface area contributed by atoms with Gasteiger partial charge in [-0.1, -0.05) is 0 Å². The number of nitrogens with zero attached hydrogens (tertiary/aromatic N) is 2. The molecule has 0 amide bonds. The van der Waals surface area contributed by atoms with E-state index in [1.807, 2.05) is 11.8 Å². The fraction of sp³-hybridized carbons (Fsp3) is 0.500. The lowest BCUT2D eigenvalue weighted by Gasteiger charge is -2.24. The molecule has 0 saturated carbocycles. The minimum absolute atomic E-state index is 0.00414. The van der Waals surface area contributed by atoms with Gasteiger partial charge < -0.3 is 9.64 Å². The number of hydrogen-bond donors (Lipinski definition) is 1.